The first-order chi connectivity index (χ1) is 9.97. The molecule has 1 aliphatic rings. The summed E-state index contributed by atoms with van der Waals surface area (Å²) in [6.07, 6.45) is 0.962. The maximum Gasteiger partial charge on any atom is 0.324 e. The fourth-order valence-corrected chi connectivity index (χ4v) is 4.10. The number of benzene rings is 1. The summed E-state index contributed by atoms with van der Waals surface area (Å²) in [5.41, 5.74) is 0.801. The summed E-state index contributed by atoms with van der Waals surface area (Å²) in [4.78, 5) is 11.8. The van der Waals surface area contributed by atoms with Crippen LogP contribution in [0.4, 0.5) is 0 Å². The molecule has 7 heteroatoms. The molecule has 1 aliphatic heterocycles. The van der Waals surface area contributed by atoms with Crippen molar-refractivity contribution >= 4 is 16.0 Å². The largest absolute Gasteiger partial charge is 0.497 e. The number of nitrogens with zero attached hydrogens (tertiary/aromatic N) is 1. The van der Waals surface area contributed by atoms with E-state index in [0.29, 0.717) is 18.6 Å². The quantitative estimate of drug-likeness (QED) is 0.780. The molecule has 0 amide bonds. The second-order valence-corrected chi connectivity index (χ2v) is 6.93. The molecule has 1 aromatic rings. The summed E-state index contributed by atoms with van der Waals surface area (Å²) in [5, 5.41) is 0. The monoisotopic (exact) mass is 313 g/mol. The van der Waals surface area contributed by atoms with Crippen LogP contribution in [0.3, 0.4) is 0 Å². The molecule has 1 fully saturated rings. The van der Waals surface area contributed by atoms with Crippen LogP contribution < -0.4 is 4.74 Å². The van der Waals surface area contributed by atoms with Gasteiger partial charge in [-0.15, -0.1) is 0 Å². The standard InChI is InChI=1S/C14H19NO5S/c1-19-12-7-5-11(6-8-12)10-15-13(14(16)20-2)4-3-9-21(15,17)18/h5-8,13H,3-4,9-10H2,1-2H3/t13-/m0/s1. The highest BCUT2D eigenvalue weighted by Gasteiger charge is 2.38. The third-order valence-electron chi connectivity index (χ3n) is 3.56. The van der Waals surface area contributed by atoms with Crippen LogP contribution in [0.15, 0.2) is 24.3 Å². The Labute approximate surface area is 124 Å². The number of carbonyl (C=O) groups is 1. The number of hydrogen-bond acceptors (Lipinski definition) is 5. The van der Waals surface area contributed by atoms with Crippen molar-refractivity contribution < 1.29 is 22.7 Å². The number of sulfonamides is 1. The van der Waals surface area contributed by atoms with Gasteiger partial charge in [0.25, 0.3) is 0 Å². The van der Waals surface area contributed by atoms with E-state index in [0.717, 1.165) is 5.56 Å². The molecule has 0 saturated carbocycles. The Morgan fingerprint density at radius 2 is 1.95 bits per heavy atom. The average Bonchev–Trinajstić information content (AvgIpc) is 2.49. The Hall–Kier alpha value is -1.60. The number of methoxy groups -OCH3 is 2. The van der Waals surface area contributed by atoms with Gasteiger partial charge >= 0.3 is 5.97 Å². The molecule has 6 nitrogen and oxygen atoms in total. The van der Waals surface area contributed by atoms with E-state index in [9.17, 15) is 13.2 Å². The second-order valence-electron chi connectivity index (χ2n) is 4.89. The minimum absolute atomic E-state index is 0.0661. The van der Waals surface area contributed by atoms with Gasteiger partial charge in [0.15, 0.2) is 0 Å². The Morgan fingerprint density at radius 3 is 2.52 bits per heavy atom. The lowest BCUT2D eigenvalue weighted by Gasteiger charge is -2.32. The average molecular weight is 313 g/mol. The third kappa shape index (κ3) is 3.54. The summed E-state index contributed by atoms with van der Waals surface area (Å²) in [7, 11) is -0.601. The van der Waals surface area contributed by atoms with Crippen LogP contribution in [0.5, 0.6) is 5.75 Å². The molecule has 0 N–H and O–H groups in total. The third-order valence-corrected chi connectivity index (χ3v) is 5.46. The number of rotatable bonds is 4. The zero-order valence-electron chi connectivity index (χ0n) is 12.1. The van der Waals surface area contributed by atoms with Crippen molar-refractivity contribution in [2.45, 2.75) is 25.4 Å². The van der Waals surface area contributed by atoms with E-state index in [4.69, 9.17) is 9.47 Å². The first kappa shape index (κ1) is 15.8. The fraction of sp³-hybridized carbons (Fsp3) is 0.500. The van der Waals surface area contributed by atoms with Gasteiger partial charge < -0.3 is 9.47 Å². The van der Waals surface area contributed by atoms with Gasteiger partial charge in [0.05, 0.1) is 20.0 Å². The Balaban J connectivity index is 2.24. The lowest BCUT2D eigenvalue weighted by Crippen LogP contribution is -2.49. The van der Waals surface area contributed by atoms with Crippen LogP contribution in [-0.2, 0) is 26.1 Å². The van der Waals surface area contributed by atoms with Crippen LogP contribution in [0.2, 0.25) is 0 Å². The summed E-state index contributed by atoms with van der Waals surface area (Å²) in [5.74, 6) is 0.257. The molecule has 0 unspecified atom stereocenters. The molecule has 1 saturated heterocycles. The molecule has 116 valence electrons. The first-order valence-electron chi connectivity index (χ1n) is 6.68. The van der Waals surface area contributed by atoms with Crippen molar-refractivity contribution in [1.82, 2.24) is 4.31 Å². The van der Waals surface area contributed by atoms with Gasteiger partial charge in [-0.05, 0) is 30.5 Å². The van der Waals surface area contributed by atoms with E-state index in [-0.39, 0.29) is 12.3 Å². The van der Waals surface area contributed by atoms with Crippen LogP contribution in [0.1, 0.15) is 18.4 Å². The van der Waals surface area contributed by atoms with E-state index in [2.05, 4.69) is 0 Å². The van der Waals surface area contributed by atoms with Gasteiger partial charge in [-0.3, -0.25) is 4.79 Å². The Morgan fingerprint density at radius 1 is 1.29 bits per heavy atom. The first-order valence-corrected chi connectivity index (χ1v) is 8.29. The molecule has 2 rings (SSSR count). The van der Waals surface area contributed by atoms with E-state index in [1.54, 1.807) is 31.4 Å². The van der Waals surface area contributed by atoms with Gasteiger partial charge in [-0.25, -0.2) is 8.42 Å². The molecule has 0 aliphatic carbocycles. The minimum atomic E-state index is -3.44. The topological polar surface area (TPSA) is 72.9 Å². The van der Waals surface area contributed by atoms with Crippen LogP contribution in [-0.4, -0.2) is 44.7 Å². The van der Waals surface area contributed by atoms with Gasteiger partial charge in [0.2, 0.25) is 10.0 Å². The van der Waals surface area contributed by atoms with Crippen LogP contribution in [0, 0.1) is 0 Å². The van der Waals surface area contributed by atoms with Crippen molar-refractivity contribution in [2.75, 3.05) is 20.0 Å². The highest BCUT2D eigenvalue weighted by molar-refractivity contribution is 7.89. The molecular formula is C14H19NO5S. The zero-order valence-corrected chi connectivity index (χ0v) is 12.9. The Bertz CT molecular complexity index is 596. The van der Waals surface area contributed by atoms with E-state index >= 15 is 0 Å². The molecule has 0 spiro atoms. The number of ether oxygens (including phenoxy) is 2. The van der Waals surface area contributed by atoms with Gasteiger partial charge in [0.1, 0.15) is 11.8 Å². The summed E-state index contributed by atoms with van der Waals surface area (Å²) >= 11 is 0. The zero-order chi connectivity index (χ0) is 15.5. The summed E-state index contributed by atoms with van der Waals surface area (Å²) < 4.78 is 35.5. The minimum Gasteiger partial charge on any atom is -0.497 e. The van der Waals surface area contributed by atoms with Gasteiger partial charge in [-0.2, -0.15) is 4.31 Å². The molecular weight excluding hydrogens is 294 g/mol. The van der Waals surface area contributed by atoms with Gasteiger partial charge in [0, 0.05) is 6.54 Å². The Kier molecular flexibility index (Phi) is 4.84. The maximum atomic E-state index is 12.2. The fourth-order valence-electron chi connectivity index (χ4n) is 2.41. The SMILES string of the molecule is COC(=O)[C@@H]1CCCS(=O)(=O)N1Cc1ccc(OC)cc1. The lowest BCUT2D eigenvalue weighted by atomic mass is 10.1. The molecule has 1 atom stereocenters. The molecule has 0 bridgehead atoms. The number of hydrogen-bond donors (Lipinski definition) is 0. The van der Waals surface area contributed by atoms with E-state index in [1.165, 1.54) is 11.4 Å². The highest BCUT2D eigenvalue weighted by atomic mass is 32.2. The van der Waals surface area contributed by atoms with E-state index < -0.39 is 22.0 Å². The van der Waals surface area contributed by atoms with Crippen molar-refractivity contribution in [3.05, 3.63) is 29.8 Å². The summed E-state index contributed by atoms with van der Waals surface area (Å²) in [6, 6.07) is 6.36. The molecule has 1 heterocycles. The van der Waals surface area contributed by atoms with Crippen molar-refractivity contribution in [2.24, 2.45) is 0 Å². The van der Waals surface area contributed by atoms with Crippen molar-refractivity contribution in [3.8, 4) is 5.75 Å². The highest BCUT2D eigenvalue weighted by Crippen LogP contribution is 2.24. The molecule has 21 heavy (non-hydrogen) atoms. The van der Waals surface area contributed by atoms with Crippen LogP contribution >= 0.6 is 0 Å². The summed E-state index contributed by atoms with van der Waals surface area (Å²) in [6.45, 7) is 0.159. The maximum absolute atomic E-state index is 12.2. The molecule has 0 radical (unpaired) electrons. The molecule has 1 aromatic carbocycles. The van der Waals surface area contributed by atoms with Crippen molar-refractivity contribution in [1.29, 1.82) is 0 Å². The second kappa shape index (κ2) is 6.44. The molecule has 0 aromatic heterocycles. The number of carbonyl (C=O) groups excluding carboxylic acids is 1. The number of esters is 1. The normalized spacial score (nSPS) is 21.7. The predicted molar refractivity (Wildman–Crippen MR) is 77.4 cm³/mol. The van der Waals surface area contributed by atoms with Crippen LogP contribution in [0.25, 0.3) is 0 Å². The lowest BCUT2D eigenvalue weighted by molar-refractivity contribution is -0.145. The predicted octanol–water partition coefficient (Wildman–Crippen LogP) is 1.16. The van der Waals surface area contributed by atoms with Gasteiger partial charge in [-0.1, -0.05) is 12.1 Å². The van der Waals surface area contributed by atoms with Crippen molar-refractivity contribution in [3.63, 3.8) is 0 Å². The van der Waals surface area contributed by atoms with E-state index in [1.807, 2.05) is 0 Å². The smallest absolute Gasteiger partial charge is 0.324 e.